The van der Waals surface area contributed by atoms with Gasteiger partial charge in [-0.05, 0) is 38.5 Å². The van der Waals surface area contributed by atoms with Crippen molar-refractivity contribution in [3.63, 3.8) is 0 Å². The van der Waals surface area contributed by atoms with Crippen molar-refractivity contribution in [1.29, 1.82) is 0 Å². The lowest BCUT2D eigenvalue weighted by Crippen LogP contribution is -2.49. The summed E-state index contributed by atoms with van der Waals surface area (Å²) in [6.45, 7) is 7.60. The molecular formula is C23H35N3O3. The second-order valence-corrected chi connectivity index (χ2v) is 9.79. The number of carbonyl (C=O) groups is 3. The van der Waals surface area contributed by atoms with Crippen molar-refractivity contribution in [2.75, 3.05) is 39.3 Å². The fourth-order valence-electron chi connectivity index (χ4n) is 5.70. The van der Waals surface area contributed by atoms with E-state index in [0.29, 0.717) is 32.6 Å². The number of likely N-dealkylation sites (tertiary alicyclic amines) is 3. The first kappa shape index (κ1) is 20.4. The lowest BCUT2D eigenvalue weighted by molar-refractivity contribution is -0.142. The van der Waals surface area contributed by atoms with Gasteiger partial charge in [-0.25, -0.2) is 0 Å². The molecule has 0 aromatic rings. The van der Waals surface area contributed by atoms with Gasteiger partial charge in [0.25, 0.3) is 0 Å². The smallest absolute Gasteiger partial charge is 0.232 e. The molecule has 3 saturated heterocycles. The van der Waals surface area contributed by atoms with Gasteiger partial charge in [-0.2, -0.15) is 0 Å². The minimum absolute atomic E-state index is 0.0579. The second-order valence-electron chi connectivity index (χ2n) is 9.79. The molecule has 2 atom stereocenters. The summed E-state index contributed by atoms with van der Waals surface area (Å²) >= 11 is 0. The zero-order valence-electron chi connectivity index (χ0n) is 18.0. The number of hydrogen-bond acceptors (Lipinski definition) is 3. The van der Waals surface area contributed by atoms with Gasteiger partial charge in [0.15, 0.2) is 0 Å². The molecule has 0 N–H and O–H groups in total. The number of rotatable bonds is 4. The summed E-state index contributed by atoms with van der Waals surface area (Å²) in [5.41, 5.74) is 0.653. The average Bonchev–Trinajstić information content (AvgIpc) is 3.42. The largest absolute Gasteiger partial charge is 0.342 e. The van der Waals surface area contributed by atoms with Gasteiger partial charge in [-0.15, -0.1) is 0 Å². The minimum Gasteiger partial charge on any atom is -0.342 e. The Labute approximate surface area is 174 Å². The Hall–Kier alpha value is -1.85. The lowest BCUT2D eigenvalue weighted by atomic mass is 9.79. The van der Waals surface area contributed by atoms with Gasteiger partial charge in [0.1, 0.15) is 0 Å². The number of carbonyl (C=O) groups excluding carboxylic acids is 3. The van der Waals surface area contributed by atoms with Crippen molar-refractivity contribution in [3.05, 3.63) is 11.6 Å². The summed E-state index contributed by atoms with van der Waals surface area (Å²) in [5, 5.41) is 0. The lowest BCUT2D eigenvalue weighted by Gasteiger charge is -2.32. The molecule has 0 spiro atoms. The molecule has 3 heterocycles. The first-order chi connectivity index (χ1) is 13.9. The predicted octanol–water partition coefficient (Wildman–Crippen LogP) is 2.44. The molecule has 6 heteroatoms. The number of allylic oxidation sites excluding steroid dienone is 1. The Morgan fingerprint density at radius 1 is 1.00 bits per heavy atom. The van der Waals surface area contributed by atoms with Crippen LogP contribution in [0, 0.1) is 17.3 Å². The van der Waals surface area contributed by atoms with Gasteiger partial charge in [-0.1, -0.05) is 25.5 Å². The molecule has 160 valence electrons. The standard InChI is InChI=1S/C23H35N3O3/c1-17(2)21(28)26-14-19-13-25(20(27)12-18-8-4-3-5-9-18)15-23(19,16-26)22(29)24-10-6-7-11-24/h8,17,19H,3-7,9-16H2,1-2H3/t19-,23-/m1/s1. The summed E-state index contributed by atoms with van der Waals surface area (Å²) in [7, 11) is 0. The zero-order chi connectivity index (χ0) is 20.6. The molecule has 0 radical (unpaired) electrons. The molecule has 0 aromatic heterocycles. The molecule has 4 rings (SSSR count). The van der Waals surface area contributed by atoms with E-state index in [9.17, 15) is 14.4 Å². The Morgan fingerprint density at radius 2 is 1.69 bits per heavy atom. The summed E-state index contributed by atoms with van der Waals surface area (Å²) in [5.74, 6) is 0.443. The molecule has 3 fully saturated rings. The third-order valence-electron chi connectivity index (χ3n) is 7.35. The molecule has 3 amide bonds. The van der Waals surface area contributed by atoms with E-state index in [1.54, 1.807) is 0 Å². The maximum atomic E-state index is 13.6. The van der Waals surface area contributed by atoms with Gasteiger partial charge in [-0.3, -0.25) is 14.4 Å². The molecule has 0 aromatic carbocycles. The van der Waals surface area contributed by atoms with Gasteiger partial charge in [0.05, 0.1) is 5.41 Å². The van der Waals surface area contributed by atoms with Crippen LogP contribution < -0.4 is 0 Å². The third kappa shape index (κ3) is 3.82. The highest BCUT2D eigenvalue weighted by molar-refractivity contribution is 5.89. The highest BCUT2D eigenvalue weighted by atomic mass is 16.2. The molecule has 4 aliphatic rings. The van der Waals surface area contributed by atoms with Crippen LogP contribution in [0.4, 0.5) is 0 Å². The predicted molar refractivity (Wildman–Crippen MR) is 111 cm³/mol. The quantitative estimate of drug-likeness (QED) is 0.680. The van der Waals surface area contributed by atoms with E-state index in [4.69, 9.17) is 0 Å². The Kier molecular flexibility index (Phi) is 5.71. The Balaban J connectivity index is 1.52. The maximum absolute atomic E-state index is 13.6. The molecule has 0 unspecified atom stereocenters. The molecule has 6 nitrogen and oxygen atoms in total. The third-order valence-corrected chi connectivity index (χ3v) is 7.35. The van der Waals surface area contributed by atoms with E-state index < -0.39 is 5.41 Å². The van der Waals surface area contributed by atoms with Crippen molar-refractivity contribution in [2.45, 2.75) is 58.8 Å². The fraction of sp³-hybridized carbons (Fsp3) is 0.783. The minimum atomic E-state index is -0.606. The summed E-state index contributed by atoms with van der Waals surface area (Å²) in [6, 6.07) is 0. The number of hydrogen-bond donors (Lipinski definition) is 0. The van der Waals surface area contributed by atoms with Gasteiger partial charge < -0.3 is 14.7 Å². The van der Waals surface area contributed by atoms with E-state index in [1.807, 2.05) is 28.5 Å². The van der Waals surface area contributed by atoms with Crippen molar-refractivity contribution >= 4 is 17.7 Å². The van der Waals surface area contributed by atoms with Crippen LogP contribution in [0.5, 0.6) is 0 Å². The van der Waals surface area contributed by atoms with Crippen molar-refractivity contribution in [2.24, 2.45) is 17.3 Å². The van der Waals surface area contributed by atoms with Gasteiger partial charge >= 0.3 is 0 Å². The number of amides is 3. The molecule has 1 aliphatic carbocycles. The first-order valence-corrected chi connectivity index (χ1v) is 11.4. The Bertz CT molecular complexity index is 710. The van der Waals surface area contributed by atoms with Gasteiger partial charge in [0, 0.05) is 57.5 Å². The zero-order valence-corrected chi connectivity index (χ0v) is 18.0. The Morgan fingerprint density at radius 3 is 2.34 bits per heavy atom. The van der Waals surface area contributed by atoms with Crippen LogP contribution in [0.25, 0.3) is 0 Å². The average molecular weight is 402 g/mol. The van der Waals surface area contributed by atoms with Crippen LogP contribution in [0.15, 0.2) is 11.6 Å². The van der Waals surface area contributed by atoms with Crippen molar-refractivity contribution in [3.8, 4) is 0 Å². The van der Waals surface area contributed by atoms with E-state index >= 15 is 0 Å². The number of fused-ring (bicyclic) bond motifs is 1. The monoisotopic (exact) mass is 401 g/mol. The molecule has 0 saturated carbocycles. The van der Waals surface area contributed by atoms with Crippen LogP contribution in [-0.4, -0.2) is 71.7 Å². The van der Waals surface area contributed by atoms with Gasteiger partial charge in [0.2, 0.25) is 17.7 Å². The van der Waals surface area contributed by atoms with E-state index in [1.165, 1.54) is 18.4 Å². The van der Waals surface area contributed by atoms with Crippen LogP contribution in [0.2, 0.25) is 0 Å². The fourth-order valence-corrected chi connectivity index (χ4v) is 5.70. The molecule has 3 aliphatic heterocycles. The summed E-state index contributed by atoms with van der Waals surface area (Å²) in [4.78, 5) is 45.1. The molecule has 0 bridgehead atoms. The highest BCUT2D eigenvalue weighted by Crippen LogP contribution is 2.45. The van der Waals surface area contributed by atoms with Crippen LogP contribution in [-0.2, 0) is 14.4 Å². The second kappa shape index (κ2) is 8.11. The van der Waals surface area contributed by atoms with E-state index in [2.05, 4.69) is 6.08 Å². The summed E-state index contributed by atoms with van der Waals surface area (Å²) in [6.07, 6.45) is 9.33. The van der Waals surface area contributed by atoms with E-state index in [0.717, 1.165) is 38.8 Å². The topological polar surface area (TPSA) is 60.9 Å². The summed E-state index contributed by atoms with van der Waals surface area (Å²) < 4.78 is 0. The van der Waals surface area contributed by atoms with Crippen LogP contribution >= 0.6 is 0 Å². The van der Waals surface area contributed by atoms with Crippen LogP contribution in [0.3, 0.4) is 0 Å². The molecular weight excluding hydrogens is 366 g/mol. The van der Waals surface area contributed by atoms with Crippen LogP contribution in [0.1, 0.15) is 58.8 Å². The molecule has 29 heavy (non-hydrogen) atoms. The van der Waals surface area contributed by atoms with Crippen molar-refractivity contribution < 1.29 is 14.4 Å². The van der Waals surface area contributed by atoms with Crippen molar-refractivity contribution in [1.82, 2.24) is 14.7 Å². The normalized spacial score (nSPS) is 29.4. The maximum Gasteiger partial charge on any atom is 0.232 e. The highest BCUT2D eigenvalue weighted by Gasteiger charge is 2.60. The SMILES string of the molecule is CC(C)C(=O)N1C[C@H]2CN(C(=O)CC3=CCCCC3)C[C@@]2(C(=O)N2CCCC2)C1. The van der Waals surface area contributed by atoms with E-state index in [-0.39, 0.29) is 29.6 Å². The first-order valence-electron chi connectivity index (χ1n) is 11.4. The number of nitrogens with zero attached hydrogens (tertiary/aromatic N) is 3.